The van der Waals surface area contributed by atoms with Gasteiger partial charge in [-0.3, -0.25) is 13.9 Å². The molecule has 3 N–H and O–H groups in total. The molecule has 1 aromatic carbocycles. The Bertz CT molecular complexity index is 1400. The van der Waals surface area contributed by atoms with Crippen LogP contribution in [0.25, 0.3) is 11.2 Å². The summed E-state index contributed by atoms with van der Waals surface area (Å²) in [6.45, 7) is 7.27. The smallest absolute Gasteiger partial charge is 0.459 e. The van der Waals surface area contributed by atoms with Crippen molar-refractivity contribution in [3.63, 3.8) is 0 Å². The number of anilines is 1. The molecule has 5 rings (SSSR count). The number of aromatic nitrogens is 4. The minimum Gasteiger partial charge on any atom is -0.476 e. The van der Waals surface area contributed by atoms with E-state index in [-0.39, 0.29) is 37.3 Å². The molecule has 4 heterocycles. The van der Waals surface area contributed by atoms with Gasteiger partial charge in [0.2, 0.25) is 11.8 Å². The van der Waals surface area contributed by atoms with Gasteiger partial charge in [-0.2, -0.15) is 15.1 Å². The van der Waals surface area contributed by atoms with Gasteiger partial charge in [0.05, 0.1) is 32.3 Å². The number of benzene rings is 1. The number of ether oxygens (including phenoxy) is 4. The van der Waals surface area contributed by atoms with Crippen LogP contribution in [0.5, 0.6) is 11.6 Å². The molecule has 2 aliphatic heterocycles. The normalized spacial score (nSPS) is 24.2. The number of para-hydroxylation sites is 1. The van der Waals surface area contributed by atoms with Gasteiger partial charge in [-0.25, -0.2) is 9.55 Å². The number of esters is 1. The molecule has 1 unspecified atom stereocenters. The average molecular weight is 577 g/mol. The molecular weight excluding hydrogens is 543 g/mol. The van der Waals surface area contributed by atoms with Crippen molar-refractivity contribution in [2.45, 2.75) is 64.2 Å². The van der Waals surface area contributed by atoms with Crippen molar-refractivity contribution in [3.05, 3.63) is 36.7 Å². The predicted molar refractivity (Wildman–Crippen MR) is 143 cm³/mol. The summed E-state index contributed by atoms with van der Waals surface area (Å²) in [6.07, 6.45) is 0.722. The van der Waals surface area contributed by atoms with Gasteiger partial charge in [0, 0.05) is 6.42 Å². The van der Waals surface area contributed by atoms with E-state index >= 15 is 0 Å². The molecule has 40 heavy (non-hydrogen) atoms. The highest BCUT2D eigenvalue weighted by Gasteiger charge is 2.55. The van der Waals surface area contributed by atoms with Crippen LogP contribution in [-0.2, 0) is 28.1 Å². The first-order valence-electron chi connectivity index (χ1n) is 13.0. The van der Waals surface area contributed by atoms with E-state index in [2.05, 4.69) is 20.0 Å². The molecule has 2 fully saturated rings. The van der Waals surface area contributed by atoms with Crippen molar-refractivity contribution >= 4 is 30.8 Å². The van der Waals surface area contributed by atoms with E-state index in [1.807, 2.05) is 6.92 Å². The van der Waals surface area contributed by atoms with Gasteiger partial charge in [0.15, 0.2) is 17.4 Å². The summed E-state index contributed by atoms with van der Waals surface area (Å²) >= 11 is 0. The van der Waals surface area contributed by atoms with E-state index in [1.165, 1.54) is 6.92 Å². The third kappa shape index (κ3) is 5.91. The van der Waals surface area contributed by atoms with Crippen molar-refractivity contribution < 1.29 is 37.4 Å². The first-order valence-corrected chi connectivity index (χ1v) is 14.5. The molecule has 2 bridgehead atoms. The lowest BCUT2D eigenvalue weighted by atomic mass is 10.0. The molecule has 216 valence electrons. The van der Waals surface area contributed by atoms with Gasteiger partial charge >= 0.3 is 13.7 Å². The molecule has 0 radical (unpaired) electrons. The summed E-state index contributed by atoms with van der Waals surface area (Å²) in [5, 5.41) is 2.69. The van der Waals surface area contributed by atoms with Crippen LogP contribution >= 0.6 is 7.75 Å². The fourth-order valence-corrected chi connectivity index (χ4v) is 6.14. The van der Waals surface area contributed by atoms with Crippen molar-refractivity contribution in [1.82, 2.24) is 24.6 Å². The lowest BCUT2D eigenvalue weighted by Gasteiger charge is -2.32. The number of fused-ring (bicyclic) bond motifs is 3. The molecule has 14 nitrogen and oxygen atoms in total. The fraction of sp³-hybridized carbons (Fsp3) is 0.520. The fourth-order valence-electron chi connectivity index (χ4n) is 4.58. The molecule has 15 heteroatoms. The molecule has 2 aromatic heterocycles. The number of nitrogens with two attached hydrogens (primary N) is 1. The molecule has 0 spiro atoms. The second-order valence-corrected chi connectivity index (χ2v) is 11.6. The first kappa shape index (κ1) is 28.2. The Kier molecular flexibility index (Phi) is 7.98. The number of nitrogen functional groups attached to an aromatic ring is 1. The predicted octanol–water partition coefficient (Wildman–Crippen LogP) is 3.00. The maximum absolute atomic E-state index is 13.9. The van der Waals surface area contributed by atoms with Crippen LogP contribution in [0.2, 0.25) is 0 Å². The molecule has 2 saturated heterocycles. The third-order valence-corrected chi connectivity index (χ3v) is 7.93. The Balaban J connectivity index is 1.34. The highest BCUT2D eigenvalue weighted by atomic mass is 31.2. The van der Waals surface area contributed by atoms with Crippen LogP contribution in [-0.4, -0.2) is 69.2 Å². The molecule has 2 aliphatic rings. The Morgan fingerprint density at radius 3 is 2.77 bits per heavy atom. The van der Waals surface area contributed by atoms with Crippen molar-refractivity contribution in [2.24, 2.45) is 0 Å². The van der Waals surface area contributed by atoms with Gasteiger partial charge in [-0.15, -0.1) is 0 Å². The standard InChI is InChI=1S/C25H33N6O8P/c1-5-34-21-19-20(28-24(26)29-21)31(14-27-19)22-18-11-25(38-22,12-35-18)13-36-40(33,39-17-9-7-6-8-10-17)30-16(4)23(32)37-15(2)3/h6-10,14-16,18,22H,5,11-13H2,1-4H3,(H,30,33)(H2,26,28,29)/t16-,18-,22-,25-,40?/m1/s1. The zero-order valence-electron chi connectivity index (χ0n) is 22.7. The number of hydrogen-bond acceptors (Lipinski definition) is 12. The van der Waals surface area contributed by atoms with E-state index < -0.39 is 31.6 Å². The van der Waals surface area contributed by atoms with Crippen LogP contribution in [0.15, 0.2) is 36.7 Å². The third-order valence-electron chi connectivity index (χ3n) is 6.31. The van der Waals surface area contributed by atoms with E-state index in [9.17, 15) is 9.36 Å². The molecule has 0 aliphatic carbocycles. The van der Waals surface area contributed by atoms with E-state index in [4.69, 9.17) is 33.7 Å². The molecule has 0 amide bonds. The zero-order chi connectivity index (χ0) is 28.5. The summed E-state index contributed by atoms with van der Waals surface area (Å²) in [6, 6.07) is 7.57. The Morgan fingerprint density at radius 2 is 2.05 bits per heavy atom. The van der Waals surface area contributed by atoms with Crippen LogP contribution in [0.3, 0.4) is 0 Å². The van der Waals surface area contributed by atoms with Gasteiger partial charge in [-0.1, -0.05) is 18.2 Å². The summed E-state index contributed by atoms with van der Waals surface area (Å²) in [4.78, 5) is 25.3. The number of hydrogen-bond donors (Lipinski definition) is 2. The lowest BCUT2D eigenvalue weighted by Crippen LogP contribution is -2.41. The second kappa shape index (κ2) is 11.3. The van der Waals surface area contributed by atoms with Crippen molar-refractivity contribution in [1.29, 1.82) is 0 Å². The quantitative estimate of drug-likeness (QED) is 0.238. The van der Waals surface area contributed by atoms with E-state index in [1.54, 1.807) is 55.1 Å². The second-order valence-electron chi connectivity index (χ2n) is 9.90. The SMILES string of the molecule is CCOc1nc(N)nc2c1ncn2[C@@H]1O[C@@]2(COP(=O)(N[C@H](C)C(=O)OC(C)C)Oc3ccccc3)CO[C@@H]1C2. The van der Waals surface area contributed by atoms with Gasteiger partial charge in [0.1, 0.15) is 23.5 Å². The largest absolute Gasteiger partial charge is 0.476 e. The number of nitrogens with zero attached hydrogens (tertiary/aromatic N) is 4. The minimum absolute atomic E-state index is 0.0370. The van der Waals surface area contributed by atoms with Crippen molar-refractivity contribution in [3.8, 4) is 11.6 Å². The molecule has 3 aromatic rings. The van der Waals surface area contributed by atoms with Gasteiger partial charge in [0.25, 0.3) is 0 Å². The maximum Gasteiger partial charge on any atom is 0.459 e. The summed E-state index contributed by atoms with van der Waals surface area (Å²) in [5.41, 5.74) is 5.85. The molecule has 5 atom stereocenters. The van der Waals surface area contributed by atoms with Gasteiger partial charge in [-0.05, 0) is 39.8 Å². The highest BCUT2D eigenvalue weighted by Crippen LogP contribution is 2.50. The zero-order valence-corrected chi connectivity index (χ0v) is 23.6. The van der Waals surface area contributed by atoms with Crippen molar-refractivity contribution in [2.75, 3.05) is 25.6 Å². The first-order chi connectivity index (χ1) is 19.1. The Labute approximate surface area is 231 Å². The van der Waals surface area contributed by atoms with Crippen LogP contribution in [0, 0.1) is 0 Å². The highest BCUT2D eigenvalue weighted by molar-refractivity contribution is 7.52. The molecule has 0 saturated carbocycles. The molecular formula is C25H33N6O8P. The topological polar surface area (TPSA) is 171 Å². The summed E-state index contributed by atoms with van der Waals surface area (Å²) in [7, 11) is -4.08. The Hall–Kier alpha value is -3.29. The van der Waals surface area contributed by atoms with Crippen LogP contribution in [0.1, 0.15) is 40.3 Å². The summed E-state index contributed by atoms with van der Waals surface area (Å²) in [5.74, 6) is 0.0316. The number of rotatable bonds is 12. The number of carbonyl (C=O) groups is 1. The number of nitrogens with one attached hydrogen (secondary N) is 1. The number of carbonyl (C=O) groups excluding carboxylic acids is 1. The monoisotopic (exact) mass is 576 g/mol. The van der Waals surface area contributed by atoms with Crippen LogP contribution in [0.4, 0.5) is 5.95 Å². The number of imidazole rings is 1. The maximum atomic E-state index is 13.9. The summed E-state index contributed by atoms with van der Waals surface area (Å²) < 4.78 is 50.5. The lowest BCUT2D eigenvalue weighted by molar-refractivity contribution is -0.180. The van der Waals surface area contributed by atoms with E-state index in [0.29, 0.717) is 29.9 Å². The van der Waals surface area contributed by atoms with Gasteiger partial charge < -0.3 is 29.2 Å². The van der Waals surface area contributed by atoms with Crippen LogP contribution < -0.4 is 20.1 Å². The Morgan fingerprint density at radius 1 is 1.27 bits per heavy atom. The minimum atomic E-state index is -4.08. The average Bonchev–Trinajstić information content (AvgIpc) is 3.61. The van der Waals surface area contributed by atoms with E-state index in [0.717, 1.165) is 0 Å².